The molecule has 3 rings (SSSR count). The monoisotopic (exact) mass is 357 g/mol. The molecule has 1 aromatic carbocycles. The highest BCUT2D eigenvalue weighted by atomic mass is 16.5. The summed E-state index contributed by atoms with van der Waals surface area (Å²) in [5.74, 6) is 1.10. The molecule has 2 aromatic rings. The van der Waals surface area contributed by atoms with Crippen molar-refractivity contribution in [1.82, 2.24) is 25.7 Å². The molecule has 0 spiro atoms. The normalized spacial score (nSPS) is 19.5. The fraction of sp³-hybridized carbons (Fsp3) is 0.526. The van der Waals surface area contributed by atoms with Gasteiger partial charge in [-0.2, -0.15) is 4.98 Å². The number of nitrogens with one attached hydrogen (secondary N) is 2. The van der Waals surface area contributed by atoms with Gasteiger partial charge in [-0.05, 0) is 32.0 Å². The number of amides is 1. The van der Waals surface area contributed by atoms with E-state index in [-0.39, 0.29) is 23.9 Å². The molecule has 1 amide bonds. The summed E-state index contributed by atoms with van der Waals surface area (Å²) in [4.78, 5) is 19.4. The highest BCUT2D eigenvalue weighted by Gasteiger charge is 2.29. The predicted octanol–water partition coefficient (Wildman–Crippen LogP) is 2.08. The number of likely N-dealkylation sites (N-methyl/N-ethyl adjacent to an activating group) is 1. The van der Waals surface area contributed by atoms with Gasteiger partial charge in [0, 0.05) is 25.2 Å². The Morgan fingerprint density at radius 2 is 2.23 bits per heavy atom. The number of nitrogens with zero attached hydrogens (tertiary/aromatic N) is 3. The quantitative estimate of drug-likeness (QED) is 0.852. The Kier molecular flexibility index (Phi) is 5.68. The fourth-order valence-corrected chi connectivity index (χ4v) is 3.13. The van der Waals surface area contributed by atoms with E-state index in [0.717, 1.165) is 25.2 Å². The molecule has 1 aliphatic rings. The molecule has 0 bridgehead atoms. The molecule has 2 heterocycles. The summed E-state index contributed by atoms with van der Waals surface area (Å²) in [6, 6.07) is 7.28. The van der Waals surface area contributed by atoms with E-state index in [9.17, 15) is 4.79 Å². The Bertz CT molecular complexity index is 758. The summed E-state index contributed by atoms with van der Waals surface area (Å²) in [6.45, 7) is 8.71. The molecule has 1 fully saturated rings. The van der Waals surface area contributed by atoms with Gasteiger partial charge in [0.2, 0.25) is 5.89 Å². The number of aryl methyl sites for hydroxylation is 1. The van der Waals surface area contributed by atoms with E-state index in [1.807, 2.05) is 45.0 Å². The summed E-state index contributed by atoms with van der Waals surface area (Å²) in [7, 11) is 2.06. The average Bonchev–Trinajstić information content (AvgIpc) is 3.09. The zero-order valence-corrected chi connectivity index (χ0v) is 15.8. The van der Waals surface area contributed by atoms with Gasteiger partial charge in [-0.1, -0.05) is 36.7 Å². The molecule has 7 heteroatoms. The molecule has 140 valence electrons. The third kappa shape index (κ3) is 4.11. The van der Waals surface area contributed by atoms with Crippen LogP contribution < -0.4 is 10.6 Å². The first kappa shape index (κ1) is 18.5. The highest BCUT2D eigenvalue weighted by molar-refractivity contribution is 5.94. The van der Waals surface area contributed by atoms with Crippen molar-refractivity contribution < 1.29 is 9.32 Å². The van der Waals surface area contributed by atoms with Crippen molar-refractivity contribution in [3.05, 3.63) is 47.1 Å². The van der Waals surface area contributed by atoms with Crippen LogP contribution in [0.15, 0.2) is 28.8 Å². The summed E-state index contributed by atoms with van der Waals surface area (Å²) in [5.41, 5.74) is 1.68. The lowest BCUT2D eigenvalue weighted by atomic mass is 10.0. The predicted molar refractivity (Wildman–Crippen MR) is 98.8 cm³/mol. The van der Waals surface area contributed by atoms with E-state index in [1.54, 1.807) is 0 Å². The van der Waals surface area contributed by atoms with Crippen LogP contribution in [0.3, 0.4) is 0 Å². The number of piperazine rings is 1. The number of benzene rings is 1. The standard InChI is InChI=1S/C19H27N5O2/c1-12(2)16(21-18(25)14-7-5-6-13(3)10-14)19-22-17(23-26-19)15-11-20-8-9-24(15)4/h5-7,10,12,15-16,20H,8-9,11H2,1-4H3,(H,21,25). The number of rotatable bonds is 5. The van der Waals surface area contributed by atoms with Crippen LogP contribution in [-0.4, -0.2) is 47.6 Å². The maximum absolute atomic E-state index is 12.6. The fourth-order valence-electron chi connectivity index (χ4n) is 3.13. The van der Waals surface area contributed by atoms with Gasteiger partial charge < -0.3 is 15.2 Å². The molecular formula is C19H27N5O2. The largest absolute Gasteiger partial charge is 0.340 e. The smallest absolute Gasteiger partial charge is 0.251 e. The van der Waals surface area contributed by atoms with Crippen molar-refractivity contribution in [2.24, 2.45) is 5.92 Å². The number of carbonyl (C=O) groups is 1. The van der Waals surface area contributed by atoms with Gasteiger partial charge in [0.25, 0.3) is 5.91 Å². The molecule has 0 saturated carbocycles. The molecule has 0 radical (unpaired) electrons. The van der Waals surface area contributed by atoms with E-state index in [0.29, 0.717) is 17.3 Å². The molecule has 1 aliphatic heterocycles. The Labute approximate surface area is 154 Å². The first-order valence-corrected chi connectivity index (χ1v) is 9.07. The molecular weight excluding hydrogens is 330 g/mol. The summed E-state index contributed by atoms with van der Waals surface area (Å²) in [6.07, 6.45) is 0. The third-order valence-corrected chi connectivity index (χ3v) is 4.77. The maximum atomic E-state index is 12.6. The van der Waals surface area contributed by atoms with Crippen molar-refractivity contribution >= 4 is 5.91 Å². The van der Waals surface area contributed by atoms with Gasteiger partial charge in [-0.3, -0.25) is 9.69 Å². The molecule has 2 unspecified atom stereocenters. The van der Waals surface area contributed by atoms with E-state index in [1.165, 1.54) is 0 Å². The summed E-state index contributed by atoms with van der Waals surface area (Å²) in [5, 5.41) is 10.6. The molecule has 2 N–H and O–H groups in total. The Morgan fingerprint density at radius 1 is 1.42 bits per heavy atom. The summed E-state index contributed by atoms with van der Waals surface area (Å²) < 4.78 is 5.52. The van der Waals surface area contributed by atoms with Crippen LogP contribution in [0.5, 0.6) is 0 Å². The Hall–Kier alpha value is -2.25. The molecule has 1 aromatic heterocycles. The average molecular weight is 357 g/mol. The topological polar surface area (TPSA) is 83.3 Å². The van der Waals surface area contributed by atoms with Gasteiger partial charge in [0.05, 0.1) is 6.04 Å². The van der Waals surface area contributed by atoms with Gasteiger partial charge in [-0.25, -0.2) is 0 Å². The van der Waals surface area contributed by atoms with Crippen LogP contribution in [0.4, 0.5) is 0 Å². The zero-order valence-electron chi connectivity index (χ0n) is 15.8. The van der Waals surface area contributed by atoms with E-state index in [4.69, 9.17) is 4.52 Å². The second-order valence-corrected chi connectivity index (χ2v) is 7.26. The number of hydrogen-bond acceptors (Lipinski definition) is 6. The van der Waals surface area contributed by atoms with Crippen LogP contribution in [-0.2, 0) is 0 Å². The summed E-state index contributed by atoms with van der Waals surface area (Å²) >= 11 is 0. The van der Waals surface area contributed by atoms with Gasteiger partial charge >= 0.3 is 0 Å². The lowest BCUT2D eigenvalue weighted by Gasteiger charge is -2.30. The Morgan fingerprint density at radius 3 is 2.92 bits per heavy atom. The van der Waals surface area contributed by atoms with Crippen molar-refractivity contribution in [3.8, 4) is 0 Å². The first-order chi connectivity index (χ1) is 12.5. The maximum Gasteiger partial charge on any atom is 0.251 e. The molecule has 2 atom stereocenters. The van der Waals surface area contributed by atoms with E-state index >= 15 is 0 Å². The molecule has 26 heavy (non-hydrogen) atoms. The van der Waals surface area contributed by atoms with Crippen LogP contribution >= 0.6 is 0 Å². The van der Waals surface area contributed by atoms with Crippen LogP contribution in [0.25, 0.3) is 0 Å². The lowest BCUT2D eigenvalue weighted by Crippen LogP contribution is -2.44. The van der Waals surface area contributed by atoms with Crippen molar-refractivity contribution in [3.63, 3.8) is 0 Å². The number of hydrogen-bond donors (Lipinski definition) is 2. The first-order valence-electron chi connectivity index (χ1n) is 9.07. The van der Waals surface area contributed by atoms with Gasteiger partial charge in [0.15, 0.2) is 5.82 Å². The minimum Gasteiger partial charge on any atom is -0.340 e. The minimum absolute atomic E-state index is 0.0848. The van der Waals surface area contributed by atoms with Crippen LogP contribution in [0.2, 0.25) is 0 Å². The van der Waals surface area contributed by atoms with Crippen molar-refractivity contribution in [2.75, 3.05) is 26.7 Å². The van der Waals surface area contributed by atoms with Crippen LogP contribution in [0, 0.1) is 12.8 Å². The molecule has 0 aliphatic carbocycles. The molecule has 7 nitrogen and oxygen atoms in total. The van der Waals surface area contributed by atoms with Gasteiger partial charge in [-0.15, -0.1) is 0 Å². The third-order valence-electron chi connectivity index (χ3n) is 4.77. The minimum atomic E-state index is -0.328. The van der Waals surface area contributed by atoms with E-state index in [2.05, 4.69) is 32.7 Å². The van der Waals surface area contributed by atoms with Crippen LogP contribution in [0.1, 0.15) is 53.6 Å². The SMILES string of the molecule is Cc1cccc(C(=O)NC(c2nc(C3CNCCN3C)no2)C(C)C)c1. The second kappa shape index (κ2) is 7.97. The second-order valence-electron chi connectivity index (χ2n) is 7.26. The van der Waals surface area contributed by atoms with E-state index < -0.39 is 0 Å². The zero-order chi connectivity index (χ0) is 18.7. The van der Waals surface area contributed by atoms with Gasteiger partial charge in [0.1, 0.15) is 6.04 Å². The number of carbonyl (C=O) groups excluding carboxylic acids is 1. The lowest BCUT2D eigenvalue weighted by molar-refractivity contribution is 0.0914. The molecule has 1 saturated heterocycles. The van der Waals surface area contributed by atoms with Crippen molar-refractivity contribution in [2.45, 2.75) is 32.9 Å². The van der Waals surface area contributed by atoms with Crippen molar-refractivity contribution in [1.29, 1.82) is 0 Å². The highest BCUT2D eigenvalue weighted by Crippen LogP contribution is 2.24. The number of aromatic nitrogens is 2. The Balaban J connectivity index is 1.77.